The predicted molar refractivity (Wildman–Crippen MR) is 60.6 cm³/mol. The molecule has 1 unspecified atom stereocenters. The van der Waals surface area contributed by atoms with Gasteiger partial charge in [0.2, 0.25) is 0 Å². The van der Waals surface area contributed by atoms with E-state index in [-0.39, 0.29) is 5.82 Å². The van der Waals surface area contributed by atoms with Crippen molar-refractivity contribution in [3.05, 3.63) is 29.8 Å². The van der Waals surface area contributed by atoms with Gasteiger partial charge in [-0.3, -0.25) is 0 Å². The number of para-hydroxylation sites is 1. The molecule has 0 aliphatic rings. The molecule has 16 heavy (non-hydrogen) atoms. The number of aliphatic hydroxyl groups excluding tert-OH is 1. The summed E-state index contributed by atoms with van der Waals surface area (Å²) in [6.07, 6.45) is 0.236. The lowest BCUT2D eigenvalue weighted by atomic mass is 10.3. The minimum Gasteiger partial charge on any atom is -0.385 e. The summed E-state index contributed by atoms with van der Waals surface area (Å²) < 4.78 is 15.4. The van der Waals surface area contributed by atoms with Gasteiger partial charge in [-0.1, -0.05) is 13.0 Å². The summed E-state index contributed by atoms with van der Waals surface area (Å²) in [6, 6.07) is 4.88. The first-order valence-corrected chi connectivity index (χ1v) is 5.47. The van der Waals surface area contributed by atoms with Gasteiger partial charge in [0.25, 0.3) is 0 Å². The number of hydrogen-bond donors (Lipinski definition) is 1. The van der Waals surface area contributed by atoms with Crippen LogP contribution >= 0.6 is 0 Å². The maximum atomic E-state index is 13.5. The number of fused-ring (bicyclic) bond motifs is 1. The van der Waals surface area contributed by atoms with Crippen molar-refractivity contribution in [2.24, 2.45) is 0 Å². The average molecular weight is 222 g/mol. The third-order valence-corrected chi connectivity index (χ3v) is 2.58. The first-order valence-electron chi connectivity index (χ1n) is 5.47. The summed E-state index contributed by atoms with van der Waals surface area (Å²) >= 11 is 0. The molecule has 3 nitrogen and oxygen atoms in total. The molecule has 0 aliphatic heterocycles. The zero-order valence-corrected chi connectivity index (χ0v) is 9.44. The Balaban J connectivity index is 2.70. The molecule has 0 amide bonds. The number of benzene rings is 1. The van der Waals surface area contributed by atoms with Crippen LogP contribution in [0.2, 0.25) is 0 Å². The molecule has 0 saturated heterocycles. The van der Waals surface area contributed by atoms with Gasteiger partial charge >= 0.3 is 0 Å². The van der Waals surface area contributed by atoms with Gasteiger partial charge in [0.1, 0.15) is 17.4 Å². The van der Waals surface area contributed by atoms with Crippen LogP contribution in [-0.4, -0.2) is 14.7 Å². The van der Waals surface area contributed by atoms with Gasteiger partial charge in [0, 0.05) is 6.54 Å². The van der Waals surface area contributed by atoms with E-state index >= 15 is 0 Å². The fourth-order valence-electron chi connectivity index (χ4n) is 1.91. The highest BCUT2D eigenvalue weighted by atomic mass is 19.1. The highest BCUT2D eigenvalue weighted by molar-refractivity contribution is 5.76. The van der Waals surface area contributed by atoms with Crippen LogP contribution in [0.25, 0.3) is 11.0 Å². The molecule has 2 rings (SSSR count). The number of hydrogen-bond acceptors (Lipinski definition) is 2. The molecule has 86 valence electrons. The molecule has 0 fully saturated rings. The van der Waals surface area contributed by atoms with E-state index in [1.54, 1.807) is 13.0 Å². The molecule has 4 heteroatoms. The zero-order chi connectivity index (χ0) is 11.7. The van der Waals surface area contributed by atoms with Crippen molar-refractivity contribution >= 4 is 11.0 Å². The van der Waals surface area contributed by atoms with Crippen molar-refractivity contribution in [3.63, 3.8) is 0 Å². The van der Waals surface area contributed by atoms with Gasteiger partial charge < -0.3 is 9.67 Å². The standard InChI is InChI=1S/C12H15FN2O/c1-3-7-15-10-6-4-5-9(13)11(10)14-12(15)8(2)16/h4-6,8,16H,3,7H2,1-2H3. The van der Waals surface area contributed by atoms with E-state index in [1.807, 2.05) is 17.6 Å². The Morgan fingerprint density at radius 3 is 2.88 bits per heavy atom. The fraction of sp³-hybridized carbons (Fsp3) is 0.417. The van der Waals surface area contributed by atoms with Gasteiger partial charge in [-0.05, 0) is 25.5 Å². The summed E-state index contributed by atoms with van der Waals surface area (Å²) in [7, 11) is 0. The highest BCUT2D eigenvalue weighted by Gasteiger charge is 2.15. The normalized spacial score (nSPS) is 13.2. The molecule has 1 aromatic heterocycles. The number of aliphatic hydroxyl groups is 1. The first-order chi connectivity index (χ1) is 7.65. The lowest BCUT2D eigenvalue weighted by molar-refractivity contribution is 0.184. The third-order valence-electron chi connectivity index (χ3n) is 2.58. The van der Waals surface area contributed by atoms with Crippen LogP contribution in [0.15, 0.2) is 18.2 Å². The zero-order valence-electron chi connectivity index (χ0n) is 9.44. The van der Waals surface area contributed by atoms with E-state index in [4.69, 9.17) is 0 Å². The Labute approximate surface area is 93.5 Å². The number of halogens is 1. The molecule has 0 radical (unpaired) electrons. The Morgan fingerprint density at radius 2 is 2.25 bits per heavy atom. The van der Waals surface area contributed by atoms with E-state index in [0.29, 0.717) is 11.3 Å². The van der Waals surface area contributed by atoms with Crippen LogP contribution in [0.1, 0.15) is 32.2 Å². The SMILES string of the molecule is CCCn1c(C(C)O)nc2c(F)cccc21. The van der Waals surface area contributed by atoms with Crippen molar-refractivity contribution in [1.82, 2.24) is 9.55 Å². The number of aryl methyl sites for hydroxylation is 1. The molecule has 1 atom stereocenters. The smallest absolute Gasteiger partial charge is 0.151 e. The second kappa shape index (κ2) is 4.22. The molecule has 0 bridgehead atoms. The molecule has 0 aliphatic carbocycles. The van der Waals surface area contributed by atoms with Gasteiger partial charge in [-0.25, -0.2) is 9.37 Å². The van der Waals surface area contributed by atoms with E-state index in [0.717, 1.165) is 18.5 Å². The Kier molecular flexibility index (Phi) is 2.92. The molecule has 1 heterocycles. The largest absolute Gasteiger partial charge is 0.385 e. The summed E-state index contributed by atoms with van der Waals surface area (Å²) in [5, 5.41) is 9.62. The molecule has 1 aromatic carbocycles. The second-order valence-electron chi connectivity index (χ2n) is 3.91. The molecule has 0 saturated carbocycles. The number of rotatable bonds is 3. The maximum Gasteiger partial charge on any atom is 0.151 e. The Hall–Kier alpha value is -1.42. The number of aromatic nitrogens is 2. The molecular formula is C12H15FN2O. The van der Waals surface area contributed by atoms with E-state index in [9.17, 15) is 9.50 Å². The molecule has 1 N–H and O–H groups in total. The quantitative estimate of drug-likeness (QED) is 0.866. The van der Waals surface area contributed by atoms with Crippen molar-refractivity contribution in [3.8, 4) is 0 Å². The molecule has 0 spiro atoms. The predicted octanol–water partition coefficient (Wildman–Crippen LogP) is 2.64. The van der Waals surface area contributed by atoms with Crippen molar-refractivity contribution in [2.45, 2.75) is 32.9 Å². The second-order valence-corrected chi connectivity index (χ2v) is 3.91. The average Bonchev–Trinajstić information content (AvgIpc) is 2.60. The lowest BCUT2D eigenvalue weighted by Crippen LogP contribution is -2.06. The Morgan fingerprint density at radius 1 is 1.50 bits per heavy atom. The van der Waals surface area contributed by atoms with Gasteiger partial charge in [0.15, 0.2) is 5.82 Å². The van der Waals surface area contributed by atoms with Gasteiger partial charge in [-0.15, -0.1) is 0 Å². The van der Waals surface area contributed by atoms with E-state index < -0.39 is 6.10 Å². The monoisotopic (exact) mass is 222 g/mol. The van der Waals surface area contributed by atoms with E-state index in [1.165, 1.54) is 6.07 Å². The number of imidazole rings is 1. The molecule has 2 aromatic rings. The summed E-state index contributed by atoms with van der Waals surface area (Å²) in [4.78, 5) is 4.17. The van der Waals surface area contributed by atoms with E-state index in [2.05, 4.69) is 4.98 Å². The summed E-state index contributed by atoms with van der Waals surface area (Å²) in [5.74, 6) is 0.191. The lowest BCUT2D eigenvalue weighted by Gasteiger charge is -2.09. The third kappa shape index (κ3) is 1.69. The van der Waals surface area contributed by atoms with Crippen LogP contribution in [0.4, 0.5) is 4.39 Å². The van der Waals surface area contributed by atoms with Crippen molar-refractivity contribution in [1.29, 1.82) is 0 Å². The van der Waals surface area contributed by atoms with Crippen molar-refractivity contribution < 1.29 is 9.50 Å². The van der Waals surface area contributed by atoms with Crippen LogP contribution in [-0.2, 0) is 6.54 Å². The minimum atomic E-state index is -0.682. The fourth-order valence-corrected chi connectivity index (χ4v) is 1.91. The first kappa shape index (κ1) is 11.1. The summed E-state index contributed by atoms with van der Waals surface area (Å²) in [6.45, 7) is 4.42. The Bertz CT molecular complexity index is 505. The topological polar surface area (TPSA) is 38.0 Å². The minimum absolute atomic E-state index is 0.339. The van der Waals surface area contributed by atoms with Gasteiger partial charge in [-0.2, -0.15) is 0 Å². The van der Waals surface area contributed by atoms with Crippen LogP contribution in [0.5, 0.6) is 0 Å². The molecular weight excluding hydrogens is 207 g/mol. The van der Waals surface area contributed by atoms with Crippen LogP contribution in [0, 0.1) is 5.82 Å². The van der Waals surface area contributed by atoms with Crippen LogP contribution in [0.3, 0.4) is 0 Å². The van der Waals surface area contributed by atoms with Crippen LogP contribution < -0.4 is 0 Å². The van der Waals surface area contributed by atoms with Crippen molar-refractivity contribution in [2.75, 3.05) is 0 Å². The summed E-state index contributed by atoms with van der Waals surface area (Å²) in [5.41, 5.74) is 1.09. The number of nitrogens with zero attached hydrogens (tertiary/aromatic N) is 2. The maximum absolute atomic E-state index is 13.5. The van der Waals surface area contributed by atoms with Gasteiger partial charge in [0.05, 0.1) is 5.52 Å². The highest BCUT2D eigenvalue weighted by Crippen LogP contribution is 2.23.